The van der Waals surface area contributed by atoms with E-state index in [0.29, 0.717) is 16.3 Å². The molecule has 2 aromatic carbocycles. The lowest BCUT2D eigenvalue weighted by Crippen LogP contribution is -2.28. The fourth-order valence-corrected chi connectivity index (χ4v) is 5.28. The number of halogens is 1. The molecule has 3 aromatic rings. The molecular weight excluding hydrogens is 544 g/mol. The van der Waals surface area contributed by atoms with Gasteiger partial charge in [0.25, 0.3) is 5.91 Å². The van der Waals surface area contributed by atoms with E-state index >= 15 is 0 Å². The van der Waals surface area contributed by atoms with Crippen molar-refractivity contribution in [2.75, 3.05) is 19.0 Å². The summed E-state index contributed by atoms with van der Waals surface area (Å²) in [5.41, 5.74) is 2.26. The molecule has 1 aromatic heterocycles. The van der Waals surface area contributed by atoms with Crippen molar-refractivity contribution in [1.82, 2.24) is 9.88 Å². The van der Waals surface area contributed by atoms with E-state index in [4.69, 9.17) is 21.1 Å². The molecule has 0 spiro atoms. The average Bonchev–Trinajstić information content (AvgIpc) is 3.17. The summed E-state index contributed by atoms with van der Waals surface area (Å²) in [6, 6.07) is 11.0. The Labute approximate surface area is 233 Å². The van der Waals surface area contributed by atoms with Gasteiger partial charge in [-0.1, -0.05) is 23.7 Å². The molecule has 0 bridgehead atoms. The number of amides is 1. The highest BCUT2D eigenvalue weighted by atomic mass is 35.5. The number of esters is 2. The Morgan fingerprint density at radius 3 is 2.26 bits per heavy atom. The maximum absolute atomic E-state index is 13.0. The molecule has 0 saturated carbocycles. The Bertz CT molecular complexity index is 1500. The predicted molar refractivity (Wildman–Crippen MR) is 148 cm³/mol. The van der Waals surface area contributed by atoms with Crippen molar-refractivity contribution in [3.05, 3.63) is 64.3 Å². The van der Waals surface area contributed by atoms with Gasteiger partial charge in [-0.25, -0.2) is 8.42 Å². The van der Waals surface area contributed by atoms with Gasteiger partial charge in [0.15, 0.2) is 15.6 Å². The van der Waals surface area contributed by atoms with Crippen molar-refractivity contribution in [1.29, 1.82) is 0 Å². The van der Waals surface area contributed by atoms with E-state index in [-0.39, 0.29) is 24.0 Å². The van der Waals surface area contributed by atoms with E-state index in [1.165, 1.54) is 12.1 Å². The van der Waals surface area contributed by atoms with Gasteiger partial charge in [-0.05, 0) is 76.1 Å². The number of hydrogen-bond donors (Lipinski definition) is 1. The number of aromatic nitrogens is 1. The zero-order valence-electron chi connectivity index (χ0n) is 22.8. The number of ether oxygens (including phenoxy) is 2. The minimum Gasteiger partial charge on any atom is -0.462 e. The van der Waals surface area contributed by atoms with E-state index in [2.05, 4.69) is 5.32 Å². The van der Waals surface area contributed by atoms with Gasteiger partial charge in [-0.2, -0.15) is 0 Å². The van der Waals surface area contributed by atoms with Crippen LogP contribution in [0.3, 0.4) is 0 Å². The summed E-state index contributed by atoms with van der Waals surface area (Å²) in [5, 5.41) is 4.27. The maximum Gasteiger partial charge on any atom is 0.321 e. The molecule has 3 rings (SSSR count). The van der Waals surface area contributed by atoms with Gasteiger partial charge in [-0.15, -0.1) is 0 Å². The van der Waals surface area contributed by atoms with Crippen LogP contribution < -0.4 is 5.32 Å². The first-order chi connectivity index (χ1) is 18.1. The van der Waals surface area contributed by atoms with E-state index in [1.54, 1.807) is 57.5 Å². The van der Waals surface area contributed by atoms with Crippen LogP contribution in [-0.4, -0.2) is 49.8 Å². The number of sulfone groups is 1. The smallest absolute Gasteiger partial charge is 0.321 e. The summed E-state index contributed by atoms with van der Waals surface area (Å²) >= 11 is 6.35. The molecule has 210 valence electrons. The van der Waals surface area contributed by atoms with Crippen LogP contribution in [0.25, 0.3) is 10.9 Å². The van der Waals surface area contributed by atoms with Crippen LogP contribution in [-0.2, 0) is 35.9 Å². The Morgan fingerprint density at radius 1 is 1.03 bits per heavy atom. The van der Waals surface area contributed by atoms with Crippen LogP contribution >= 0.6 is 11.6 Å². The third-order valence-electron chi connectivity index (χ3n) is 6.08. The standard InChI is InChI=1S/C28H33ClN2O7S/c1-17-13-22(29)21-15-24(31(6)23(21)14-17)26(33)30-18(2)19-7-9-20(10-8-19)39(35,36)16-25(32)37-11-12-38-27(34)28(3,4)5/h7-10,13-15,18H,11-12,16H2,1-6H3,(H,30,33). The van der Waals surface area contributed by atoms with Crippen molar-refractivity contribution in [2.45, 2.75) is 45.6 Å². The summed E-state index contributed by atoms with van der Waals surface area (Å²) in [5.74, 6) is -2.55. The van der Waals surface area contributed by atoms with E-state index in [1.807, 2.05) is 19.1 Å². The number of rotatable bonds is 9. The molecular formula is C28H33ClN2O7S. The van der Waals surface area contributed by atoms with Crippen LogP contribution in [0.15, 0.2) is 47.4 Å². The Kier molecular flexibility index (Phi) is 9.12. The Hall–Kier alpha value is -3.37. The monoisotopic (exact) mass is 576 g/mol. The summed E-state index contributed by atoms with van der Waals surface area (Å²) in [7, 11) is -2.17. The topological polar surface area (TPSA) is 121 Å². The quantitative estimate of drug-likeness (QED) is 0.293. The van der Waals surface area contributed by atoms with Crippen molar-refractivity contribution < 1.29 is 32.3 Å². The number of aryl methyl sites for hydroxylation is 2. The van der Waals surface area contributed by atoms with Crippen molar-refractivity contribution in [3.8, 4) is 0 Å². The van der Waals surface area contributed by atoms with Gasteiger partial charge in [-0.3, -0.25) is 14.4 Å². The van der Waals surface area contributed by atoms with Crippen LogP contribution in [0, 0.1) is 12.3 Å². The SMILES string of the molecule is Cc1cc(Cl)c2cc(C(=O)NC(C)c3ccc(S(=O)(=O)CC(=O)OCCOC(=O)C(C)(C)C)cc3)n(C)c2c1. The fraction of sp³-hybridized carbons (Fsp3) is 0.393. The van der Waals surface area contributed by atoms with Gasteiger partial charge in [0, 0.05) is 12.4 Å². The molecule has 39 heavy (non-hydrogen) atoms. The van der Waals surface area contributed by atoms with Crippen LogP contribution in [0.4, 0.5) is 0 Å². The van der Waals surface area contributed by atoms with Gasteiger partial charge >= 0.3 is 11.9 Å². The highest BCUT2D eigenvalue weighted by Crippen LogP contribution is 2.28. The number of nitrogens with zero attached hydrogens (tertiary/aromatic N) is 1. The molecule has 0 aliphatic heterocycles. The summed E-state index contributed by atoms with van der Waals surface area (Å²) in [6.45, 7) is 8.38. The van der Waals surface area contributed by atoms with Gasteiger partial charge in [0.1, 0.15) is 18.9 Å². The first-order valence-electron chi connectivity index (χ1n) is 12.3. The van der Waals surface area contributed by atoms with Crippen molar-refractivity contribution >= 4 is 50.2 Å². The first kappa shape index (κ1) is 30.2. The van der Waals surface area contributed by atoms with Crippen LogP contribution in [0.5, 0.6) is 0 Å². The van der Waals surface area contributed by atoms with Gasteiger partial charge in [0.2, 0.25) is 0 Å². The highest BCUT2D eigenvalue weighted by molar-refractivity contribution is 7.92. The number of carbonyl (C=O) groups excluding carboxylic acids is 3. The molecule has 0 aliphatic rings. The molecule has 0 radical (unpaired) electrons. The third-order valence-corrected chi connectivity index (χ3v) is 7.99. The zero-order valence-corrected chi connectivity index (χ0v) is 24.4. The molecule has 0 saturated heterocycles. The fourth-order valence-electron chi connectivity index (χ4n) is 3.84. The molecule has 1 heterocycles. The molecule has 1 N–H and O–H groups in total. The molecule has 1 unspecified atom stereocenters. The van der Waals surface area contributed by atoms with Crippen LogP contribution in [0.1, 0.15) is 55.4 Å². The third kappa shape index (κ3) is 7.39. The lowest BCUT2D eigenvalue weighted by atomic mass is 9.97. The largest absolute Gasteiger partial charge is 0.462 e. The van der Waals surface area contributed by atoms with Crippen molar-refractivity contribution in [3.63, 3.8) is 0 Å². The maximum atomic E-state index is 13.0. The Balaban J connectivity index is 1.59. The predicted octanol–water partition coefficient (Wildman–Crippen LogP) is 4.54. The molecule has 1 atom stereocenters. The molecule has 1 amide bonds. The lowest BCUT2D eigenvalue weighted by molar-refractivity contribution is -0.157. The molecule has 0 aliphatic carbocycles. The van der Waals surface area contributed by atoms with Gasteiger partial charge < -0.3 is 19.4 Å². The first-order valence-corrected chi connectivity index (χ1v) is 14.3. The molecule has 0 fully saturated rings. The lowest BCUT2D eigenvalue weighted by Gasteiger charge is -2.16. The summed E-state index contributed by atoms with van der Waals surface area (Å²) in [6.07, 6.45) is 0. The van der Waals surface area contributed by atoms with E-state index < -0.39 is 39.0 Å². The minimum atomic E-state index is -3.96. The zero-order chi connectivity index (χ0) is 29.1. The van der Waals surface area contributed by atoms with Crippen LogP contribution in [0.2, 0.25) is 5.02 Å². The minimum absolute atomic E-state index is 0.0559. The second kappa shape index (κ2) is 11.8. The summed E-state index contributed by atoms with van der Waals surface area (Å²) < 4.78 is 37.0. The number of benzene rings is 2. The average molecular weight is 577 g/mol. The second-order valence-corrected chi connectivity index (χ2v) is 12.8. The Morgan fingerprint density at radius 2 is 1.64 bits per heavy atom. The number of fused-ring (bicyclic) bond motifs is 1. The highest BCUT2D eigenvalue weighted by Gasteiger charge is 2.24. The second-order valence-electron chi connectivity index (χ2n) is 10.4. The number of hydrogen-bond acceptors (Lipinski definition) is 7. The van der Waals surface area contributed by atoms with Gasteiger partial charge in [0.05, 0.1) is 26.9 Å². The molecule has 9 nitrogen and oxygen atoms in total. The summed E-state index contributed by atoms with van der Waals surface area (Å²) in [4.78, 5) is 36.7. The van der Waals surface area contributed by atoms with Crippen molar-refractivity contribution in [2.24, 2.45) is 12.5 Å². The number of nitrogens with one attached hydrogen (secondary N) is 1. The van der Waals surface area contributed by atoms with E-state index in [9.17, 15) is 22.8 Å². The normalized spacial score (nSPS) is 12.7. The van der Waals surface area contributed by atoms with E-state index in [0.717, 1.165) is 16.5 Å². The molecule has 11 heteroatoms. The number of carbonyl (C=O) groups is 3.